The smallest absolute Gasteiger partial charge is 0.0811 e. The molecule has 1 N–H and O–H groups in total. The van der Waals surface area contributed by atoms with Crippen LogP contribution in [0.1, 0.15) is 53.4 Å². The lowest BCUT2D eigenvalue weighted by molar-refractivity contribution is -0.152. The van der Waals surface area contributed by atoms with E-state index in [0.717, 1.165) is 6.54 Å². The van der Waals surface area contributed by atoms with E-state index in [-0.39, 0.29) is 5.60 Å². The van der Waals surface area contributed by atoms with Crippen LogP contribution in [0, 0.1) is 5.41 Å². The van der Waals surface area contributed by atoms with Crippen LogP contribution < -0.4 is 5.32 Å². The van der Waals surface area contributed by atoms with Crippen LogP contribution in [0.5, 0.6) is 0 Å². The summed E-state index contributed by atoms with van der Waals surface area (Å²) >= 11 is 0. The van der Waals surface area contributed by atoms with E-state index in [1.54, 1.807) is 0 Å². The summed E-state index contributed by atoms with van der Waals surface area (Å²) in [5, 5.41) is 3.59. The predicted molar refractivity (Wildman–Crippen MR) is 63.0 cm³/mol. The van der Waals surface area contributed by atoms with E-state index in [4.69, 9.17) is 4.74 Å². The lowest BCUT2D eigenvalue weighted by Crippen LogP contribution is -2.58. The Morgan fingerprint density at radius 2 is 1.67 bits per heavy atom. The fourth-order valence-electron chi connectivity index (χ4n) is 2.73. The molecule has 2 nitrogen and oxygen atoms in total. The molecule has 2 aliphatic rings. The molecule has 1 heterocycles. The van der Waals surface area contributed by atoms with Crippen molar-refractivity contribution in [3.63, 3.8) is 0 Å². The number of nitrogens with one attached hydrogen (secondary N) is 1. The van der Waals surface area contributed by atoms with Crippen LogP contribution >= 0.6 is 0 Å². The quantitative estimate of drug-likeness (QED) is 0.665. The Morgan fingerprint density at radius 3 is 2.20 bits per heavy atom. The van der Waals surface area contributed by atoms with E-state index in [9.17, 15) is 0 Å². The van der Waals surface area contributed by atoms with Crippen LogP contribution in [-0.2, 0) is 4.74 Å². The van der Waals surface area contributed by atoms with Crippen molar-refractivity contribution in [3.8, 4) is 0 Å². The maximum Gasteiger partial charge on any atom is 0.0811 e. The highest BCUT2D eigenvalue weighted by atomic mass is 16.5. The first-order chi connectivity index (χ1) is 6.93. The highest BCUT2D eigenvalue weighted by Crippen LogP contribution is 2.43. The van der Waals surface area contributed by atoms with Crippen LogP contribution in [0.4, 0.5) is 0 Å². The van der Waals surface area contributed by atoms with Gasteiger partial charge in [-0.05, 0) is 44.9 Å². The third-order valence-corrected chi connectivity index (χ3v) is 4.40. The molecule has 1 aliphatic carbocycles. The standard InChI is InChI=1S/C13H25NO/c1-10-11(2)15-13(9-14-10)7-5-12(3,4)6-8-13/h10-11,14H,5-9H2,1-4H3. The molecule has 0 bridgehead atoms. The summed E-state index contributed by atoms with van der Waals surface area (Å²) in [5.74, 6) is 0. The molecule has 1 saturated heterocycles. The lowest BCUT2D eigenvalue weighted by Gasteiger charge is -2.49. The van der Waals surface area contributed by atoms with E-state index in [0.29, 0.717) is 17.6 Å². The molecule has 2 heteroatoms. The monoisotopic (exact) mass is 211 g/mol. The van der Waals surface area contributed by atoms with Crippen molar-refractivity contribution in [1.29, 1.82) is 0 Å². The molecule has 0 aromatic carbocycles. The second-order valence-corrected chi connectivity index (χ2v) is 6.34. The van der Waals surface area contributed by atoms with Crippen LogP contribution in [0.3, 0.4) is 0 Å². The topological polar surface area (TPSA) is 21.3 Å². The van der Waals surface area contributed by atoms with Crippen molar-refractivity contribution in [2.45, 2.75) is 71.1 Å². The molecule has 0 radical (unpaired) electrons. The van der Waals surface area contributed by atoms with E-state index < -0.39 is 0 Å². The summed E-state index contributed by atoms with van der Waals surface area (Å²) in [6.45, 7) is 10.2. The van der Waals surface area contributed by atoms with Gasteiger partial charge in [0.05, 0.1) is 11.7 Å². The molecule has 0 aromatic heterocycles. The largest absolute Gasteiger partial charge is 0.369 e. The molecule has 1 aliphatic heterocycles. The molecule has 2 atom stereocenters. The highest BCUT2D eigenvalue weighted by molar-refractivity contribution is 4.96. The number of hydrogen-bond donors (Lipinski definition) is 1. The SMILES string of the molecule is CC1NCC2(CCC(C)(C)CC2)OC1C. The van der Waals surface area contributed by atoms with E-state index in [2.05, 4.69) is 33.0 Å². The molecule has 2 rings (SSSR count). The third kappa shape index (κ3) is 2.36. The van der Waals surface area contributed by atoms with E-state index in [1.807, 2.05) is 0 Å². The summed E-state index contributed by atoms with van der Waals surface area (Å²) in [6.07, 6.45) is 5.42. The first-order valence-corrected chi connectivity index (χ1v) is 6.34. The Labute approximate surface area is 93.8 Å². The van der Waals surface area contributed by atoms with Gasteiger partial charge in [-0.2, -0.15) is 0 Å². The molecule has 0 amide bonds. The molecule has 1 saturated carbocycles. The zero-order chi connectivity index (χ0) is 11.1. The second-order valence-electron chi connectivity index (χ2n) is 6.34. The Hall–Kier alpha value is -0.0800. The van der Waals surface area contributed by atoms with E-state index >= 15 is 0 Å². The van der Waals surface area contributed by atoms with Crippen LogP contribution in [0.25, 0.3) is 0 Å². The summed E-state index contributed by atoms with van der Waals surface area (Å²) in [4.78, 5) is 0. The lowest BCUT2D eigenvalue weighted by atomic mass is 9.70. The minimum absolute atomic E-state index is 0.154. The number of rotatable bonds is 0. The summed E-state index contributed by atoms with van der Waals surface area (Å²) in [6, 6.07) is 0.505. The Bertz CT molecular complexity index is 227. The van der Waals surface area contributed by atoms with Gasteiger partial charge in [0.1, 0.15) is 0 Å². The molecular formula is C13H25NO. The van der Waals surface area contributed by atoms with Gasteiger partial charge in [-0.1, -0.05) is 13.8 Å². The first kappa shape index (κ1) is 11.4. The highest BCUT2D eigenvalue weighted by Gasteiger charge is 2.43. The van der Waals surface area contributed by atoms with Gasteiger partial charge in [0, 0.05) is 12.6 Å². The Balaban J connectivity index is 1.98. The van der Waals surface area contributed by atoms with Gasteiger partial charge < -0.3 is 10.1 Å². The van der Waals surface area contributed by atoms with Crippen molar-refractivity contribution in [3.05, 3.63) is 0 Å². The summed E-state index contributed by atoms with van der Waals surface area (Å²) < 4.78 is 6.26. The molecule has 2 fully saturated rings. The van der Waals surface area contributed by atoms with Crippen molar-refractivity contribution in [2.75, 3.05) is 6.54 Å². The summed E-state index contributed by atoms with van der Waals surface area (Å²) in [7, 11) is 0. The number of morpholine rings is 1. The number of ether oxygens (including phenoxy) is 1. The molecule has 1 spiro atoms. The molecular weight excluding hydrogens is 186 g/mol. The Kier molecular flexibility index (Phi) is 2.85. The van der Waals surface area contributed by atoms with Gasteiger partial charge in [0.15, 0.2) is 0 Å². The Morgan fingerprint density at radius 1 is 1.07 bits per heavy atom. The number of hydrogen-bond acceptors (Lipinski definition) is 2. The molecule has 15 heavy (non-hydrogen) atoms. The second kappa shape index (κ2) is 3.74. The minimum Gasteiger partial charge on any atom is -0.369 e. The average molecular weight is 211 g/mol. The average Bonchev–Trinajstić information content (AvgIpc) is 2.18. The van der Waals surface area contributed by atoms with Crippen LogP contribution in [0.15, 0.2) is 0 Å². The maximum absolute atomic E-state index is 6.26. The zero-order valence-corrected chi connectivity index (χ0v) is 10.6. The molecule has 88 valence electrons. The van der Waals surface area contributed by atoms with Gasteiger partial charge in [-0.25, -0.2) is 0 Å². The van der Waals surface area contributed by atoms with Crippen LogP contribution in [-0.4, -0.2) is 24.3 Å². The third-order valence-electron chi connectivity index (χ3n) is 4.40. The van der Waals surface area contributed by atoms with Crippen molar-refractivity contribution < 1.29 is 4.74 Å². The maximum atomic E-state index is 6.26. The van der Waals surface area contributed by atoms with Gasteiger partial charge in [0.25, 0.3) is 0 Å². The van der Waals surface area contributed by atoms with Gasteiger partial charge in [0.2, 0.25) is 0 Å². The fourth-order valence-corrected chi connectivity index (χ4v) is 2.73. The van der Waals surface area contributed by atoms with Gasteiger partial charge in [-0.3, -0.25) is 0 Å². The van der Waals surface area contributed by atoms with E-state index in [1.165, 1.54) is 25.7 Å². The first-order valence-electron chi connectivity index (χ1n) is 6.34. The normalized spacial score (nSPS) is 39.2. The predicted octanol–water partition coefficient (Wildman–Crippen LogP) is 2.72. The fraction of sp³-hybridized carbons (Fsp3) is 1.00. The van der Waals surface area contributed by atoms with Gasteiger partial charge in [-0.15, -0.1) is 0 Å². The van der Waals surface area contributed by atoms with Crippen molar-refractivity contribution >= 4 is 0 Å². The molecule has 0 aromatic rings. The summed E-state index contributed by atoms with van der Waals surface area (Å²) in [5.41, 5.74) is 0.683. The van der Waals surface area contributed by atoms with Crippen LogP contribution in [0.2, 0.25) is 0 Å². The van der Waals surface area contributed by atoms with Gasteiger partial charge >= 0.3 is 0 Å². The minimum atomic E-state index is 0.154. The zero-order valence-electron chi connectivity index (χ0n) is 10.6. The van der Waals surface area contributed by atoms with Crippen molar-refractivity contribution in [1.82, 2.24) is 5.32 Å². The molecule has 2 unspecified atom stereocenters. The van der Waals surface area contributed by atoms with Crippen molar-refractivity contribution in [2.24, 2.45) is 5.41 Å².